The van der Waals surface area contributed by atoms with Crippen LogP contribution in [0.4, 0.5) is 10.1 Å². The van der Waals surface area contributed by atoms with Crippen LogP contribution in [0.2, 0.25) is 5.15 Å². The fraction of sp³-hybridized carbons (Fsp3) is 0.429. The predicted molar refractivity (Wildman–Crippen MR) is 132 cm³/mol. The van der Waals surface area contributed by atoms with E-state index >= 15 is 0 Å². The van der Waals surface area contributed by atoms with Crippen LogP contribution in [0.1, 0.15) is 24.8 Å². The van der Waals surface area contributed by atoms with Gasteiger partial charge in [0.05, 0.1) is 36.5 Å². The van der Waals surface area contributed by atoms with Crippen molar-refractivity contribution in [3.05, 3.63) is 53.1 Å². The molecule has 0 amide bonds. The summed E-state index contributed by atoms with van der Waals surface area (Å²) in [5.74, 6) is -1.75. The number of nitrogens with one attached hydrogen (secondary N) is 1. The van der Waals surface area contributed by atoms with Crippen molar-refractivity contribution in [3.63, 3.8) is 0 Å². The molecule has 2 aliphatic heterocycles. The van der Waals surface area contributed by atoms with Crippen molar-refractivity contribution in [3.8, 4) is 0 Å². The molecule has 17 heteroatoms. The van der Waals surface area contributed by atoms with Crippen LogP contribution >= 0.6 is 26.8 Å². The Hall–Kier alpha value is -1.96. The number of ether oxygens (including phenoxy) is 2. The van der Waals surface area contributed by atoms with E-state index in [2.05, 4.69) is 15.4 Å². The highest BCUT2D eigenvalue weighted by atomic mass is 35.5. The second kappa shape index (κ2) is 9.90. The van der Waals surface area contributed by atoms with Crippen molar-refractivity contribution in [2.24, 2.45) is 0 Å². The molecule has 1 aromatic carbocycles. The third kappa shape index (κ3) is 5.26. The first kappa shape index (κ1) is 27.6. The zero-order valence-electron chi connectivity index (χ0n) is 19.7. The quantitative estimate of drug-likeness (QED) is 0.181. The topological polar surface area (TPSA) is 185 Å². The minimum atomic E-state index is -4.83. The second-order valence-corrected chi connectivity index (χ2v) is 13.6. The summed E-state index contributed by atoms with van der Waals surface area (Å²) in [5.41, 5.74) is -0.400. The van der Waals surface area contributed by atoms with Gasteiger partial charge in [0.15, 0.2) is 17.8 Å². The number of fused-ring (bicyclic) bond motifs is 2. The van der Waals surface area contributed by atoms with Gasteiger partial charge in [-0.25, -0.2) is 14.1 Å². The molecule has 6 atom stereocenters. The summed E-state index contributed by atoms with van der Waals surface area (Å²) in [7, 11) is -9.50. The van der Waals surface area contributed by atoms with Crippen LogP contribution in [0.5, 0.6) is 0 Å². The summed E-state index contributed by atoms with van der Waals surface area (Å²) in [5, 5.41) is 19.2. The predicted octanol–water partition coefficient (Wildman–Crippen LogP) is 2.76. The van der Waals surface area contributed by atoms with Crippen molar-refractivity contribution in [1.29, 1.82) is 0 Å². The molecular weight excluding hydrogens is 569 g/mol. The summed E-state index contributed by atoms with van der Waals surface area (Å²) in [4.78, 5) is 32.1. The number of aliphatic hydroxyl groups is 1. The Morgan fingerprint density at radius 3 is 2.74 bits per heavy atom. The lowest BCUT2D eigenvalue weighted by Crippen LogP contribution is -2.62. The Morgan fingerprint density at radius 1 is 1.34 bits per heavy atom. The molecule has 0 saturated carbocycles. The molecule has 2 saturated heterocycles. The number of halogens is 2. The first-order valence-corrected chi connectivity index (χ1v) is 15.3. The summed E-state index contributed by atoms with van der Waals surface area (Å²) in [6.07, 6.45) is -1.68. The van der Waals surface area contributed by atoms with Crippen LogP contribution in [-0.4, -0.2) is 71.5 Å². The molecular formula is C21H24ClFN4O9P2. The minimum Gasteiger partial charge on any atom is -0.382 e. The highest BCUT2D eigenvalue weighted by Gasteiger charge is 2.64. The Bertz CT molecular complexity index is 1470. The van der Waals surface area contributed by atoms with E-state index in [1.54, 1.807) is 31.2 Å². The van der Waals surface area contributed by atoms with Crippen LogP contribution in [0, 0.1) is 5.82 Å². The number of benzene rings is 1. The van der Waals surface area contributed by atoms with Crippen molar-refractivity contribution in [2.45, 2.75) is 37.0 Å². The number of nitrogens with zero attached hydrogens (tertiary/aromatic N) is 3. The van der Waals surface area contributed by atoms with Crippen LogP contribution in [0.25, 0.3) is 11.0 Å². The van der Waals surface area contributed by atoms with Gasteiger partial charge in [0.1, 0.15) is 28.8 Å². The molecule has 5 rings (SSSR count). The second-order valence-electron chi connectivity index (χ2n) is 9.18. The fourth-order valence-electron chi connectivity index (χ4n) is 4.57. The van der Waals surface area contributed by atoms with Crippen LogP contribution in [0.3, 0.4) is 0 Å². The molecule has 5 N–H and O–H groups in total. The van der Waals surface area contributed by atoms with Gasteiger partial charge in [0, 0.05) is 5.56 Å². The number of rotatable bonds is 9. The first-order valence-electron chi connectivity index (χ1n) is 11.3. The van der Waals surface area contributed by atoms with Crippen LogP contribution in [0.15, 0.2) is 36.5 Å². The summed E-state index contributed by atoms with van der Waals surface area (Å²) < 4.78 is 55.1. The van der Waals surface area contributed by atoms with E-state index in [1.807, 2.05) is 0 Å². The van der Waals surface area contributed by atoms with E-state index in [0.717, 1.165) is 0 Å². The standard InChI is InChI=1S/C21H24ClFN4O9P2/c1-11(12-4-2-3-5-14(12)23)25-15-6-17(22)26-19-13(15)7-24-27(19)20-18-21(28,9-34-18)16(36-20)8-35-38(32,33)10-37(29,30)31/h2-7,11,16,18,20,28H,8-10H2,1H3,(H,25,26)(H,32,33)(H2,29,30,31)/t11-,16+,18?,20+,21+/m0/s1. The molecule has 2 fully saturated rings. The molecule has 38 heavy (non-hydrogen) atoms. The maximum Gasteiger partial charge on any atom is 0.340 e. The highest BCUT2D eigenvalue weighted by molar-refractivity contribution is 7.70. The molecule has 206 valence electrons. The van der Waals surface area contributed by atoms with Gasteiger partial charge in [0.2, 0.25) is 0 Å². The maximum atomic E-state index is 14.3. The lowest BCUT2D eigenvalue weighted by molar-refractivity contribution is -0.236. The molecule has 2 aromatic heterocycles. The molecule has 0 radical (unpaired) electrons. The Balaban J connectivity index is 1.40. The van der Waals surface area contributed by atoms with Crippen LogP contribution < -0.4 is 5.32 Å². The van der Waals surface area contributed by atoms with E-state index in [-0.39, 0.29) is 23.2 Å². The lowest BCUT2D eigenvalue weighted by atomic mass is 9.88. The van der Waals surface area contributed by atoms with Crippen molar-refractivity contribution in [1.82, 2.24) is 14.8 Å². The smallest absolute Gasteiger partial charge is 0.340 e. The third-order valence-corrected chi connectivity index (χ3v) is 10.1. The van der Waals surface area contributed by atoms with Gasteiger partial charge in [0.25, 0.3) is 0 Å². The average Bonchev–Trinajstić information content (AvgIpc) is 3.29. The van der Waals surface area contributed by atoms with E-state index in [1.165, 1.54) is 16.9 Å². The number of hydrogen-bond donors (Lipinski definition) is 5. The number of anilines is 1. The summed E-state index contributed by atoms with van der Waals surface area (Å²) in [6.45, 7) is 0.972. The number of pyridine rings is 1. The minimum absolute atomic E-state index is 0.101. The van der Waals surface area contributed by atoms with Gasteiger partial charge in [-0.3, -0.25) is 9.13 Å². The van der Waals surface area contributed by atoms with Gasteiger partial charge in [-0.1, -0.05) is 29.8 Å². The third-order valence-electron chi connectivity index (χ3n) is 6.42. The largest absolute Gasteiger partial charge is 0.382 e. The van der Waals surface area contributed by atoms with E-state index in [4.69, 9.17) is 35.4 Å². The molecule has 4 heterocycles. The zero-order valence-corrected chi connectivity index (χ0v) is 22.3. The summed E-state index contributed by atoms with van der Waals surface area (Å²) >= 11 is 6.28. The van der Waals surface area contributed by atoms with Gasteiger partial charge in [-0.2, -0.15) is 5.10 Å². The summed E-state index contributed by atoms with van der Waals surface area (Å²) in [6, 6.07) is 7.47. The molecule has 0 spiro atoms. The molecule has 0 aliphatic carbocycles. The van der Waals surface area contributed by atoms with Crippen LogP contribution in [-0.2, 0) is 23.1 Å². The molecule has 2 aliphatic rings. The van der Waals surface area contributed by atoms with Crippen molar-refractivity contribution in [2.75, 3.05) is 24.4 Å². The highest BCUT2D eigenvalue weighted by Crippen LogP contribution is 2.56. The van der Waals surface area contributed by atoms with E-state index in [0.29, 0.717) is 16.6 Å². The monoisotopic (exact) mass is 592 g/mol. The molecule has 3 aromatic rings. The van der Waals surface area contributed by atoms with Gasteiger partial charge in [-0.15, -0.1) is 0 Å². The molecule has 0 bridgehead atoms. The Labute approximate surface area is 220 Å². The van der Waals surface area contributed by atoms with Gasteiger partial charge in [-0.05, 0) is 19.1 Å². The average molecular weight is 593 g/mol. The number of aromatic nitrogens is 3. The first-order chi connectivity index (χ1) is 17.8. The SMILES string of the molecule is C[C@H](Nc1cc(Cl)nc2c1cnn2[C@@H]1O[C@H](COP(=O)(O)CP(=O)(O)O)[C@]2(O)COC12)c1ccccc1F. The van der Waals surface area contributed by atoms with Crippen molar-refractivity contribution >= 4 is 43.5 Å². The van der Waals surface area contributed by atoms with Crippen molar-refractivity contribution < 1.29 is 47.3 Å². The number of hydrogen-bond acceptors (Lipinski definition) is 9. The van der Waals surface area contributed by atoms with Gasteiger partial charge < -0.3 is 39.1 Å². The Morgan fingerprint density at radius 2 is 2.08 bits per heavy atom. The molecule has 13 nitrogen and oxygen atoms in total. The zero-order chi connectivity index (χ0) is 27.5. The van der Waals surface area contributed by atoms with E-state index in [9.17, 15) is 23.5 Å². The molecule has 2 unspecified atom stereocenters. The lowest BCUT2D eigenvalue weighted by Gasteiger charge is -2.42. The fourth-order valence-corrected chi connectivity index (χ4v) is 7.32. The Kier molecular flexibility index (Phi) is 7.19. The van der Waals surface area contributed by atoms with Gasteiger partial charge >= 0.3 is 15.2 Å². The normalized spacial score (nSPS) is 27.5. The van der Waals surface area contributed by atoms with E-state index < -0.39 is 57.8 Å². The maximum absolute atomic E-state index is 14.3.